The van der Waals surface area contributed by atoms with Gasteiger partial charge in [0.2, 0.25) is 0 Å². The number of fused-ring (bicyclic) bond motifs is 2. The smallest absolute Gasteiger partial charge is 0.161 e. The fraction of sp³-hybridized carbons (Fsp3) is 0.333. The highest BCUT2D eigenvalue weighted by atomic mass is 16.5. The maximum absolute atomic E-state index is 5.26. The lowest BCUT2D eigenvalue weighted by molar-refractivity contribution is 0.353. The Hall–Kier alpha value is -2.52. The van der Waals surface area contributed by atoms with E-state index in [0.717, 1.165) is 31.0 Å². The van der Waals surface area contributed by atoms with Gasteiger partial charge in [-0.2, -0.15) is 0 Å². The van der Waals surface area contributed by atoms with Crippen molar-refractivity contribution >= 4 is 10.8 Å². The van der Waals surface area contributed by atoms with Crippen LogP contribution in [-0.4, -0.2) is 20.8 Å². The predicted octanol–water partition coefficient (Wildman–Crippen LogP) is 5.52. The molecule has 1 N–H and O–H groups in total. The van der Waals surface area contributed by atoms with E-state index in [-0.39, 0.29) is 0 Å². The molecule has 1 aliphatic rings. The molecule has 0 aromatic heterocycles. The molecule has 0 amide bonds. The molecule has 0 atom stereocenters. The summed E-state index contributed by atoms with van der Waals surface area (Å²) in [4.78, 5) is 0. The van der Waals surface area contributed by atoms with E-state index < -0.39 is 0 Å². The zero-order valence-electron chi connectivity index (χ0n) is 17.1. The van der Waals surface area contributed by atoms with E-state index in [4.69, 9.17) is 9.47 Å². The third kappa shape index (κ3) is 5.24. The molecule has 0 fully saturated rings. The standard InChI is InChI=1S/C11H15NO2.C11H10.C2H6/c1-13-10-5-8-3-4-12-7-9(8)6-11(10)14-2;1-9-5-4-7-10-6-2-3-8-11(9)10;1-2/h5-6,12H,3-4,7H2,1-2H3;2-8H,1H3;1-2H3. The fourth-order valence-corrected chi connectivity index (χ4v) is 3.19. The van der Waals surface area contributed by atoms with Crippen LogP contribution in [0.4, 0.5) is 0 Å². The Kier molecular flexibility index (Phi) is 8.15. The Morgan fingerprint density at radius 3 is 2.11 bits per heavy atom. The molecule has 1 heterocycles. The van der Waals surface area contributed by atoms with E-state index in [9.17, 15) is 0 Å². The van der Waals surface area contributed by atoms with Crippen LogP contribution in [0.1, 0.15) is 30.5 Å². The van der Waals surface area contributed by atoms with Crippen LogP contribution in [0.15, 0.2) is 54.6 Å². The molecule has 1 aliphatic heterocycles. The van der Waals surface area contributed by atoms with Crippen molar-refractivity contribution in [1.82, 2.24) is 5.32 Å². The van der Waals surface area contributed by atoms with Crippen LogP contribution in [0.3, 0.4) is 0 Å². The van der Waals surface area contributed by atoms with Crippen molar-refractivity contribution in [3.8, 4) is 11.5 Å². The SMILES string of the molecule is CC.COc1cc2c(cc1OC)CNCC2.Cc1cccc2ccccc12. The van der Waals surface area contributed by atoms with Crippen LogP contribution in [0.5, 0.6) is 11.5 Å². The third-order valence-corrected chi connectivity index (χ3v) is 4.60. The zero-order chi connectivity index (χ0) is 19.6. The normalized spacial score (nSPS) is 12.0. The molecule has 0 radical (unpaired) electrons. The lowest BCUT2D eigenvalue weighted by Crippen LogP contribution is -2.23. The number of aryl methyl sites for hydroxylation is 1. The van der Waals surface area contributed by atoms with Gasteiger partial charge in [-0.1, -0.05) is 56.3 Å². The van der Waals surface area contributed by atoms with Crippen molar-refractivity contribution in [3.05, 3.63) is 71.3 Å². The van der Waals surface area contributed by atoms with Gasteiger partial charge < -0.3 is 14.8 Å². The largest absolute Gasteiger partial charge is 0.493 e. The maximum atomic E-state index is 5.26. The third-order valence-electron chi connectivity index (χ3n) is 4.60. The van der Waals surface area contributed by atoms with Crippen LogP contribution in [-0.2, 0) is 13.0 Å². The highest BCUT2D eigenvalue weighted by Gasteiger charge is 2.13. The van der Waals surface area contributed by atoms with E-state index >= 15 is 0 Å². The minimum Gasteiger partial charge on any atom is -0.493 e. The average molecular weight is 366 g/mol. The highest BCUT2D eigenvalue weighted by Crippen LogP contribution is 2.31. The Morgan fingerprint density at radius 1 is 0.815 bits per heavy atom. The van der Waals surface area contributed by atoms with Gasteiger partial charge in [0.1, 0.15) is 0 Å². The van der Waals surface area contributed by atoms with Crippen LogP contribution >= 0.6 is 0 Å². The molecule has 0 aliphatic carbocycles. The Morgan fingerprint density at radius 2 is 1.44 bits per heavy atom. The Bertz CT molecular complexity index is 809. The van der Waals surface area contributed by atoms with Gasteiger partial charge in [0, 0.05) is 6.54 Å². The van der Waals surface area contributed by atoms with Crippen molar-refractivity contribution in [2.45, 2.75) is 33.7 Å². The summed E-state index contributed by atoms with van der Waals surface area (Å²) in [7, 11) is 3.34. The zero-order valence-corrected chi connectivity index (χ0v) is 17.1. The molecule has 0 spiro atoms. The number of methoxy groups -OCH3 is 2. The molecular formula is C24H31NO2. The lowest BCUT2D eigenvalue weighted by atomic mass is 10.0. The monoisotopic (exact) mass is 365 g/mol. The summed E-state index contributed by atoms with van der Waals surface area (Å²) in [5.41, 5.74) is 4.03. The first-order valence-corrected chi connectivity index (χ1v) is 9.62. The number of nitrogens with one attached hydrogen (secondary N) is 1. The molecule has 0 unspecified atom stereocenters. The lowest BCUT2D eigenvalue weighted by Gasteiger charge is -2.19. The molecular weight excluding hydrogens is 334 g/mol. The quantitative estimate of drug-likeness (QED) is 0.648. The van der Waals surface area contributed by atoms with Crippen molar-refractivity contribution in [1.29, 1.82) is 0 Å². The van der Waals surface area contributed by atoms with E-state index in [1.165, 1.54) is 27.5 Å². The topological polar surface area (TPSA) is 30.5 Å². The molecule has 0 bridgehead atoms. The van der Waals surface area contributed by atoms with E-state index in [1.54, 1.807) is 14.2 Å². The first-order chi connectivity index (χ1) is 13.2. The van der Waals surface area contributed by atoms with Crippen LogP contribution in [0, 0.1) is 6.92 Å². The van der Waals surface area contributed by atoms with Gasteiger partial charge in [-0.3, -0.25) is 0 Å². The predicted molar refractivity (Wildman–Crippen MR) is 115 cm³/mol. The summed E-state index contributed by atoms with van der Waals surface area (Å²) in [6.07, 6.45) is 1.07. The number of ether oxygens (including phenoxy) is 2. The molecule has 144 valence electrons. The van der Waals surface area contributed by atoms with Gasteiger partial charge in [0.15, 0.2) is 11.5 Å². The van der Waals surface area contributed by atoms with Gasteiger partial charge >= 0.3 is 0 Å². The van der Waals surface area contributed by atoms with Crippen LogP contribution in [0.25, 0.3) is 10.8 Å². The second-order valence-electron chi connectivity index (χ2n) is 6.20. The summed E-state index contributed by atoms with van der Waals surface area (Å²) in [5, 5.41) is 6.02. The van der Waals surface area contributed by atoms with Crippen LogP contribution in [0.2, 0.25) is 0 Å². The van der Waals surface area contributed by atoms with E-state index in [0.29, 0.717) is 0 Å². The first kappa shape index (κ1) is 20.8. The Balaban J connectivity index is 0.000000181. The summed E-state index contributed by atoms with van der Waals surface area (Å²) in [6, 6.07) is 19.0. The van der Waals surface area contributed by atoms with Crippen molar-refractivity contribution in [3.63, 3.8) is 0 Å². The molecule has 0 saturated heterocycles. The molecule has 3 heteroatoms. The van der Waals surface area contributed by atoms with Crippen molar-refractivity contribution < 1.29 is 9.47 Å². The fourth-order valence-electron chi connectivity index (χ4n) is 3.19. The summed E-state index contributed by atoms with van der Waals surface area (Å²) >= 11 is 0. The minimum atomic E-state index is 0.815. The van der Waals surface area contributed by atoms with Gasteiger partial charge in [-0.15, -0.1) is 0 Å². The minimum absolute atomic E-state index is 0.815. The first-order valence-electron chi connectivity index (χ1n) is 9.62. The van der Waals surface area contributed by atoms with Gasteiger partial charge in [-0.05, 0) is 59.5 Å². The number of hydrogen-bond donors (Lipinski definition) is 1. The van der Waals surface area contributed by atoms with Crippen LogP contribution < -0.4 is 14.8 Å². The Labute approximate surface area is 163 Å². The summed E-state index contributed by atoms with van der Waals surface area (Å²) in [6.45, 7) is 8.11. The maximum Gasteiger partial charge on any atom is 0.161 e. The van der Waals surface area contributed by atoms with Crippen molar-refractivity contribution in [2.75, 3.05) is 20.8 Å². The second kappa shape index (κ2) is 10.6. The molecule has 0 saturated carbocycles. The number of benzene rings is 3. The summed E-state index contributed by atoms with van der Waals surface area (Å²) < 4.78 is 10.5. The summed E-state index contributed by atoms with van der Waals surface area (Å²) in [5.74, 6) is 1.64. The van der Waals surface area contributed by atoms with Gasteiger partial charge in [-0.25, -0.2) is 0 Å². The highest BCUT2D eigenvalue weighted by molar-refractivity contribution is 5.85. The molecule has 3 aromatic rings. The van der Waals surface area contributed by atoms with Crippen molar-refractivity contribution in [2.24, 2.45) is 0 Å². The molecule has 3 nitrogen and oxygen atoms in total. The number of hydrogen-bond acceptors (Lipinski definition) is 3. The van der Waals surface area contributed by atoms with Gasteiger partial charge in [0.25, 0.3) is 0 Å². The second-order valence-corrected chi connectivity index (χ2v) is 6.20. The van der Waals surface area contributed by atoms with Gasteiger partial charge in [0.05, 0.1) is 14.2 Å². The van der Waals surface area contributed by atoms with E-state index in [1.807, 2.05) is 13.8 Å². The average Bonchev–Trinajstić information content (AvgIpc) is 2.75. The molecule has 3 aromatic carbocycles. The molecule has 27 heavy (non-hydrogen) atoms. The van der Waals surface area contributed by atoms with E-state index in [2.05, 4.69) is 66.8 Å². The molecule has 4 rings (SSSR count). The number of rotatable bonds is 2.